The van der Waals surface area contributed by atoms with Gasteiger partial charge < -0.3 is 25.2 Å². The van der Waals surface area contributed by atoms with E-state index in [9.17, 15) is 27.9 Å². The van der Waals surface area contributed by atoms with Gasteiger partial charge in [0.1, 0.15) is 29.9 Å². The monoisotopic (exact) mass is 421 g/mol. The minimum absolute atomic E-state index is 0.0753. The molecule has 0 aliphatic carbocycles. The number of ether oxygens (including phenoxy) is 1. The summed E-state index contributed by atoms with van der Waals surface area (Å²) in [4.78, 5) is 0. The zero-order valence-electron chi connectivity index (χ0n) is 13.5. The van der Waals surface area contributed by atoms with Gasteiger partial charge in [-0.05, 0) is 19.3 Å². The molecule has 0 amide bonds. The molecule has 0 spiro atoms. The summed E-state index contributed by atoms with van der Waals surface area (Å²) in [5.41, 5.74) is -1.20. The van der Waals surface area contributed by atoms with E-state index in [4.69, 9.17) is 14.4 Å². The van der Waals surface area contributed by atoms with E-state index < -0.39 is 57.6 Å². The highest BCUT2D eigenvalue weighted by Crippen LogP contribution is 2.30. The Labute approximate surface area is 152 Å². The normalized spacial score (nSPS) is 32.6. The lowest BCUT2D eigenvalue weighted by molar-refractivity contribution is -0.205. The van der Waals surface area contributed by atoms with E-state index >= 15 is 0 Å². The van der Waals surface area contributed by atoms with Crippen LogP contribution in [-0.2, 0) is 25.8 Å². The van der Waals surface area contributed by atoms with Gasteiger partial charge in [0.15, 0.2) is 0 Å². The number of rotatable bonds is 8. The second-order valence-electron chi connectivity index (χ2n) is 5.48. The maximum Gasteiger partial charge on any atom is 0.379 e. The second kappa shape index (κ2) is 10.3. The molecule has 1 aliphatic heterocycles. The van der Waals surface area contributed by atoms with E-state index in [-0.39, 0.29) is 11.5 Å². The number of unbranched alkanes of at least 4 members (excludes halogenated alkanes) is 1. The van der Waals surface area contributed by atoms with Gasteiger partial charge in [0.05, 0.1) is 11.7 Å². The largest absolute Gasteiger partial charge is 0.394 e. The topological polar surface area (TPSA) is 174 Å². The summed E-state index contributed by atoms with van der Waals surface area (Å²) in [5, 5.41) is 38.5. The predicted molar refractivity (Wildman–Crippen MR) is 93.1 cm³/mol. The fourth-order valence-electron chi connectivity index (χ4n) is 2.14. The van der Waals surface area contributed by atoms with Crippen LogP contribution in [0.3, 0.4) is 0 Å². The molecule has 5 N–H and O–H groups in total. The molecule has 1 saturated heterocycles. The van der Waals surface area contributed by atoms with Crippen LogP contribution in [0.5, 0.6) is 0 Å². The van der Waals surface area contributed by atoms with Crippen LogP contribution in [0.25, 0.3) is 0 Å². The summed E-state index contributed by atoms with van der Waals surface area (Å²) < 4.78 is 50.4. The van der Waals surface area contributed by atoms with Crippen molar-refractivity contribution in [2.75, 3.05) is 18.6 Å². The molecular formula is C12H23NO9S3. The zero-order chi connectivity index (χ0) is 19.2. The Morgan fingerprint density at radius 1 is 1.20 bits per heavy atom. The summed E-state index contributed by atoms with van der Waals surface area (Å²) in [6, 6.07) is 0. The van der Waals surface area contributed by atoms with Gasteiger partial charge in [-0.15, -0.1) is 4.40 Å². The first-order valence-electron chi connectivity index (χ1n) is 7.38. The number of aliphatic hydroxyl groups excluding tert-OH is 4. The summed E-state index contributed by atoms with van der Waals surface area (Å²) in [6.45, 7) is -0.616. The van der Waals surface area contributed by atoms with E-state index in [1.165, 1.54) is 6.26 Å². The maximum atomic E-state index is 11.0. The maximum absolute atomic E-state index is 11.0. The molecule has 1 unspecified atom stereocenters. The highest BCUT2D eigenvalue weighted by atomic mass is 32.2. The van der Waals surface area contributed by atoms with Crippen LogP contribution >= 0.6 is 11.8 Å². The molecule has 0 bridgehead atoms. The van der Waals surface area contributed by atoms with Crippen molar-refractivity contribution in [2.24, 2.45) is 4.40 Å². The van der Waals surface area contributed by atoms with Crippen LogP contribution in [-0.4, -0.2) is 91.1 Å². The molecule has 0 aromatic heterocycles. The fraction of sp³-hybridized carbons (Fsp3) is 0.917. The van der Waals surface area contributed by atoms with Crippen LogP contribution in [0.2, 0.25) is 0 Å². The number of hydrogen-bond acceptors (Lipinski definition) is 9. The van der Waals surface area contributed by atoms with E-state index in [1.807, 2.05) is 0 Å². The van der Waals surface area contributed by atoms with Gasteiger partial charge in [0, 0.05) is 22.8 Å². The van der Waals surface area contributed by atoms with E-state index in [2.05, 4.69) is 4.40 Å². The van der Waals surface area contributed by atoms with Crippen molar-refractivity contribution in [1.82, 2.24) is 0 Å². The number of aliphatic hydroxyl groups is 4. The fourth-order valence-corrected chi connectivity index (χ4v) is 4.58. The molecule has 25 heavy (non-hydrogen) atoms. The molecule has 1 heterocycles. The zero-order valence-corrected chi connectivity index (χ0v) is 15.9. The third-order valence-corrected chi connectivity index (χ3v) is 6.01. The lowest BCUT2D eigenvalue weighted by Crippen LogP contribution is -2.57. The molecule has 1 aliphatic rings. The molecule has 0 aromatic carbocycles. The summed E-state index contributed by atoms with van der Waals surface area (Å²) >= 11 is 0.665. The van der Waals surface area contributed by atoms with Gasteiger partial charge in [0.2, 0.25) is 0 Å². The Balaban J connectivity index is 2.82. The van der Waals surface area contributed by atoms with Gasteiger partial charge >= 0.3 is 10.3 Å². The van der Waals surface area contributed by atoms with Gasteiger partial charge in [0.25, 0.3) is 0 Å². The highest BCUT2D eigenvalue weighted by molar-refractivity contribution is 8.14. The standard InChI is InChI=1S/C12H23NO9S3/c1-24(18)5-3-2-4-8(13-25(19,20)21)23-12-11(17)10(16)9(15)7(6-14)22-12/h7,9-12,14-17H,2-6H2,1H3,(H,19,20,21)/t7-,9-,10+,11-,12+,24?/m1/s1. The van der Waals surface area contributed by atoms with E-state index in [0.29, 0.717) is 30.4 Å². The summed E-state index contributed by atoms with van der Waals surface area (Å²) in [7, 11) is -5.67. The van der Waals surface area contributed by atoms with Crippen LogP contribution < -0.4 is 0 Å². The van der Waals surface area contributed by atoms with Crippen molar-refractivity contribution >= 4 is 37.9 Å². The molecule has 13 heteroatoms. The van der Waals surface area contributed by atoms with Crippen molar-refractivity contribution < 1.29 is 42.3 Å². The molecule has 0 aromatic rings. The Morgan fingerprint density at radius 2 is 1.84 bits per heavy atom. The minimum Gasteiger partial charge on any atom is -0.394 e. The molecule has 0 saturated carbocycles. The molecule has 10 nitrogen and oxygen atoms in total. The third kappa shape index (κ3) is 7.97. The Morgan fingerprint density at radius 3 is 2.36 bits per heavy atom. The van der Waals surface area contributed by atoms with Crippen LogP contribution in [0.15, 0.2) is 4.40 Å². The molecule has 0 radical (unpaired) electrons. The number of thioether (sulfide) groups is 1. The lowest BCUT2D eigenvalue weighted by atomic mass is 10.0. The number of hydrogen-bond donors (Lipinski definition) is 5. The first kappa shape index (κ1) is 22.9. The Kier molecular flexibility index (Phi) is 9.42. The van der Waals surface area contributed by atoms with Crippen molar-refractivity contribution in [2.45, 2.75) is 49.1 Å². The molecule has 1 fully saturated rings. The van der Waals surface area contributed by atoms with Gasteiger partial charge in [-0.25, -0.2) is 0 Å². The van der Waals surface area contributed by atoms with Gasteiger partial charge in [-0.2, -0.15) is 8.42 Å². The average Bonchev–Trinajstić information content (AvgIpc) is 2.50. The molecular weight excluding hydrogens is 398 g/mol. The molecule has 1 rings (SSSR count). The van der Waals surface area contributed by atoms with Crippen molar-refractivity contribution in [1.29, 1.82) is 0 Å². The molecule has 6 atom stereocenters. The van der Waals surface area contributed by atoms with E-state index in [0.717, 1.165) is 0 Å². The average molecular weight is 422 g/mol. The molecule has 148 valence electrons. The van der Waals surface area contributed by atoms with Gasteiger partial charge in [-0.1, -0.05) is 11.8 Å². The van der Waals surface area contributed by atoms with Crippen LogP contribution in [0.4, 0.5) is 0 Å². The van der Waals surface area contributed by atoms with Crippen molar-refractivity contribution in [3.05, 3.63) is 0 Å². The van der Waals surface area contributed by atoms with Crippen LogP contribution in [0.1, 0.15) is 19.3 Å². The Bertz CT molecular complexity index is 580. The predicted octanol–water partition coefficient (Wildman–Crippen LogP) is -1.73. The number of nitrogens with zero attached hydrogens (tertiary/aromatic N) is 1. The lowest BCUT2D eigenvalue weighted by Gasteiger charge is -2.39. The summed E-state index contributed by atoms with van der Waals surface area (Å²) in [5.74, 6) is 0.421. The second-order valence-corrected chi connectivity index (χ2v) is 9.29. The SMILES string of the molecule is CS(=O)CCCCC(=NS(=O)(=O)O)S[C@@H]1O[C@H](CO)[C@@H](O)[C@H](O)[C@H]1O. The van der Waals surface area contributed by atoms with Crippen LogP contribution in [0, 0.1) is 0 Å². The van der Waals surface area contributed by atoms with E-state index in [1.54, 1.807) is 0 Å². The summed E-state index contributed by atoms with van der Waals surface area (Å²) in [6.07, 6.45) is -3.22. The smallest absolute Gasteiger partial charge is 0.379 e. The first-order valence-corrected chi connectivity index (χ1v) is 11.4. The van der Waals surface area contributed by atoms with Crippen molar-refractivity contribution in [3.8, 4) is 0 Å². The van der Waals surface area contributed by atoms with Crippen molar-refractivity contribution in [3.63, 3.8) is 0 Å². The van der Waals surface area contributed by atoms with Gasteiger partial charge in [-0.3, -0.25) is 8.76 Å². The third-order valence-electron chi connectivity index (χ3n) is 3.39. The quantitative estimate of drug-likeness (QED) is 0.131. The first-order chi connectivity index (χ1) is 11.5. The Hall–Kier alpha value is -0.120. The minimum atomic E-state index is -4.68. The highest BCUT2D eigenvalue weighted by Gasteiger charge is 2.44.